The monoisotopic (exact) mass is 309 g/mol. The molecule has 1 unspecified atom stereocenters. The van der Waals surface area contributed by atoms with Crippen LogP contribution in [0.1, 0.15) is 16.8 Å². The molecule has 2 rings (SSSR count). The van der Waals surface area contributed by atoms with Gasteiger partial charge in [-0.3, -0.25) is 14.9 Å². The number of nitrogens with one attached hydrogen (secondary N) is 1. The molecule has 1 aliphatic heterocycles. The number of nitro groups is 1. The molecule has 0 aliphatic carbocycles. The van der Waals surface area contributed by atoms with Crippen molar-refractivity contribution in [3.05, 3.63) is 33.9 Å². The molecule has 21 heavy (non-hydrogen) atoms. The van der Waals surface area contributed by atoms with Gasteiger partial charge in [0.25, 0.3) is 11.6 Å². The molecule has 1 aromatic carbocycles. The molecule has 6 nitrogen and oxygen atoms in total. The van der Waals surface area contributed by atoms with Gasteiger partial charge in [-0.05, 0) is 44.3 Å². The number of amides is 1. The van der Waals surface area contributed by atoms with E-state index >= 15 is 0 Å². The van der Waals surface area contributed by atoms with E-state index in [2.05, 4.69) is 5.32 Å². The Labute approximate surface area is 128 Å². The molecule has 1 amide bonds. The van der Waals surface area contributed by atoms with Gasteiger partial charge in [0, 0.05) is 24.1 Å². The van der Waals surface area contributed by atoms with Crippen LogP contribution in [0.4, 0.5) is 5.69 Å². The van der Waals surface area contributed by atoms with Gasteiger partial charge in [0.2, 0.25) is 0 Å². The molecular formula is C14H19N3O3S. The van der Waals surface area contributed by atoms with E-state index in [1.165, 1.54) is 17.8 Å². The van der Waals surface area contributed by atoms with E-state index in [9.17, 15) is 14.9 Å². The molecule has 1 saturated heterocycles. The first kappa shape index (κ1) is 15.8. The molecule has 0 bridgehead atoms. The average Bonchev–Trinajstić information content (AvgIpc) is 2.94. The fourth-order valence-corrected chi connectivity index (χ4v) is 3.06. The summed E-state index contributed by atoms with van der Waals surface area (Å²) >= 11 is 1.47. The maximum atomic E-state index is 12.6. The molecule has 7 heteroatoms. The maximum absolute atomic E-state index is 12.6. The van der Waals surface area contributed by atoms with Crippen LogP contribution in [0.15, 0.2) is 23.1 Å². The van der Waals surface area contributed by atoms with E-state index in [0.29, 0.717) is 19.0 Å². The average molecular weight is 309 g/mol. The Bertz CT molecular complexity index is 550. The van der Waals surface area contributed by atoms with Gasteiger partial charge in [0.05, 0.1) is 4.92 Å². The highest BCUT2D eigenvalue weighted by molar-refractivity contribution is 7.98. The normalized spacial score (nSPS) is 18.0. The van der Waals surface area contributed by atoms with Crippen molar-refractivity contribution < 1.29 is 9.72 Å². The molecule has 1 atom stereocenters. The van der Waals surface area contributed by atoms with Crippen molar-refractivity contribution in [1.82, 2.24) is 10.2 Å². The third kappa shape index (κ3) is 3.54. The Morgan fingerprint density at radius 2 is 2.33 bits per heavy atom. The number of hydrogen-bond donors (Lipinski definition) is 1. The predicted molar refractivity (Wildman–Crippen MR) is 82.8 cm³/mol. The van der Waals surface area contributed by atoms with Gasteiger partial charge in [-0.1, -0.05) is 0 Å². The lowest BCUT2D eigenvalue weighted by Gasteiger charge is -2.17. The minimum Gasteiger partial charge on any atom is -0.338 e. The van der Waals surface area contributed by atoms with Crippen molar-refractivity contribution in [3.63, 3.8) is 0 Å². The molecule has 0 aromatic heterocycles. The van der Waals surface area contributed by atoms with Gasteiger partial charge in [-0.25, -0.2) is 0 Å². The molecule has 0 spiro atoms. The van der Waals surface area contributed by atoms with Crippen molar-refractivity contribution in [2.24, 2.45) is 5.92 Å². The third-order valence-corrected chi connectivity index (χ3v) is 4.42. The van der Waals surface area contributed by atoms with Gasteiger partial charge in [0.1, 0.15) is 5.56 Å². The number of hydrogen-bond acceptors (Lipinski definition) is 5. The Morgan fingerprint density at radius 1 is 1.57 bits per heavy atom. The number of thioether (sulfide) groups is 1. The van der Waals surface area contributed by atoms with Crippen molar-refractivity contribution >= 4 is 23.4 Å². The zero-order valence-electron chi connectivity index (χ0n) is 12.2. The van der Waals surface area contributed by atoms with Gasteiger partial charge in [-0.2, -0.15) is 0 Å². The molecule has 114 valence electrons. The van der Waals surface area contributed by atoms with Crippen LogP contribution in [0, 0.1) is 16.0 Å². The smallest absolute Gasteiger partial charge is 0.282 e. The molecule has 0 radical (unpaired) electrons. The first-order valence-corrected chi connectivity index (χ1v) is 8.05. The summed E-state index contributed by atoms with van der Waals surface area (Å²) in [7, 11) is 1.89. The largest absolute Gasteiger partial charge is 0.338 e. The fourth-order valence-electron chi connectivity index (χ4n) is 2.62. The van der Waals surface area contributed by atoms with E-state index in [4.69, 9.17) is 0 Å². The highest BCUT2D eigenvalue weighted by Gasteiger charge is 2.30. The summed E-state index contributed by atoms with van der Waals surface area (Å²) in [5.41, 5.74) is 0.0758. The number of carbonyl (C=O) groups is 1. The van der Waals surface area contributed by atoms with Gasteiger partial charge in [0.15, 0.2) is 0 Å². The van der Waals surface area contributed by atoms with Gasteiger partial charge in [-0.15, -0.1) is 11.8 Å². The molecule has 1 fully saturated rings. The van der Waals surface area contributed by atoms with Crippen LogP contribution in [-0.2, 0) is 0 Å². The zero-order chi connectivity index (χ0) is 15.4. The third-order valence-electron chi connectivity index (χ3n) is 3.70. The maximum Gasteiger partial charge on any atom is 0.282 e. The number of benzene rings is 1. The second-order valence-electron chi connectivity index (χ2n) is 5.10. The van der Waals surface area contributed by atoms with Crippen LogP contribution in [0.3, 0.4) is 0 Å². The second kappa shape index (κ2) is 6.91. The van der Waals surface area contributed by atoms with E-state index in [-0.39, 0.29) is 17.2 Å². The Morgan fingerprint density at radius 3 is 2.95 bits per heavy atom. The highest BCUT2D eigenvalue weighted by atomic mass is 32.2. The standard InChI is InChI=1S/C14H19N3O3S/c1-15-8-10-5-6-16(9-10)14(18)12-7-11(21-2)3-4-13(12)17(19)20/h3-4,7,10,15H,5-6,8-9H2,1-2H3. The summed E-state index contributed by atoms with van der Waals surface area (Å²) in [5, 5.41) is 14.2. The lowest BCUT2D eigenvalue weighted by molar-refractivity contribution is -0.385. The van der Waals surface area contributed by atoms with Crippen molar-refractivity contribution in [3.8, 4) is 0 Å². The predicted octanol–water partition coefficient (Wildman–Crippen LogP) is 2.00. The summed E-state index contributed by atoms with van der Waals surface area (Å²) < 4.78 is 0. The number of rotatable bonds is 5. The molecule has 1 heterocycles. The lowest BCUT2D eigenvalue weighted by Crippen LogP contribution is -2.30. The fraction of sp³-hybridized carbons (Fsp3) is 0.500. The van der Waals surface area contributed by atoms with Gasteiger partial charge >= 0.3 is 0 Å². The highest BCUT2D eigenvalue weighted by Crippen LogP contribution is 2.27. The van der Waals surface area contributed by atoms with Crippen LogP contribution < -0.4 is 5.32 Å². The number of nitro benzene ring substituents is 1. The first-order chi connectivity index (χ1) is 10.1. The summed E-state index contributed by atoms with van der Waals surface area (Å²) in [6.07, 6.45) is 2.82. The summed E-state index contributed by atoms with van der Waals surface area (Å²) in [6.45, 7) is 2.17. The summed E-state index contributed by atoms with van der Waals surface area (Å²) in [4.78, 5) is 25.8. The molecule has 1 aliphatic rings. The topological polar surface area (TPSA) is 75.5 Å². The van der Waals surface area contributed by atoms with Crippen LogP contribution in [0.2, 0.25) is 0 Å². The van der Waals surface area contributed by atoms with E-state index in [1.54, 1.807) is 17.0 Å². The SMILES string of the molecule is CNCC1CCN(C(=O)c2cc(SC)ccc2[N+](=O)[O-])C1. The lowest BCUT2D eigenvalue weighted by atomic mass is 10.1. The molecule has 1 aromatic rings. The van der Waals surface area contributed by atoms with E-state index < -0.39 is 4.92 Å². The van der Waals surface area contributed by atoms with Crippen LogP contribution >= 0.6 is 11.8 Å². The quantitative estimate of drug-likeness (QED) is 0.511. The zero-order valence-corrected chi connectivity index (χ0v) is 13.0. The number of likely N-dealkylation sites (tertiary alicyclic amines) is 1. The Kier molecular flexibility index (Phi) is 5.19. The van der Waals surface area contributed by atoms with Crippen molar-refractivity contribution in [1.29, 1.82) is 0 Å². The van der Waals surface area contributed by atoms with E-state index in [1.807, 2.05) is 13.3 Å². The minimum atomic E-state index is -0.488. The van der Waals surface area contributed by atoms with E-state index in [0.717, 1.165) is 17.9 Å². The van der Waals surface area contributed by atoms with Crippen molar-refractivity contribution in [2.45, 2.75) is 11.3 Å². The first-order valence-electron chi connectivity index (χ1n) is 6.83. The van der Waals surface area contributed by atoms with Gasteiger partial charge < -0.3 is 10.2 Å². The Hall–Kier alpha value is -1.60. The van der Waals surface area contributed by atoms with Crippen molar-refractivity contribution in [2.75, 3.05) is 32.9 Å². The number of nitrogens with zero attached hydrogens (tertiary/aromatic N) is 2. The summed E-state index contributed by atoms with van der Waals surface area (Å²) in [5.74, 6) is 0.179. The Balaban J connectivity index is 2.24. The van der Waals surface area contributed by atoms with Crippen LogP contribution in [0.25, 0.3) is 0 Å². The molecule has 0 saturated carbocycles. The summed E-state index contributed by atoms with van der Waals surface area (Å²) in [6, 6.07) is 4.71. The van der Waals surface area contributed by atoms with Crippen LogP contribution in [-0.4, -0.2) is 48.7 Å². The minimum absolute atomic E-state index is 0.116. The number of carbonyl (C=O) groups excluding carboxylic acids is 1. The molecule has 1 N–H and O–H groups in total. The molecular weight excluding hydrogens is 290 g/mol. The second-order valence-corrected chi connectivity index (χ2v) is 5.98. The van der Waals surface area contributed by atoms with Crippen LogP contribution in [0.5, 0.6) is 0 Å².